The van der Waals surface area contributed by atoms with Gasteiger partial charge < -0.3 is 59.4 Å². The number of hydrogen-bond acceptors (Lipinski definition) is 20. The SMILES string of the molecule is C[C@H](CCCN(CC(=O)ON1C(=O)CCC1=O)C(=O)CCCCCNc1ccc([N+](=O)[O-])c2nonc12)[C@H]1CC[C@H]2C3[C@H](OCCCNC(=O)OCC4c5ccccc5-c5ccccc54)CC4C[C@H](OCCCNC(=O)OCC5c6ccccc6-c6ccccc65)CC[C@]4(C)[C@H]3C[C@H](OCCCNC(=O)OCC3c4ccccc4-c4ccccc43)[C@]12C. The second-order valence-electron chi connectivity index (χ2n) is 34.9. The van der Waals surface area contributed by atoms with Gasteiger partial charge in [-0.1, -0.05) is 173 Å². The van der Waals surface area contributed by atoms with Crippen molar-refractivity contribution in [2.24, 2.45) is 46.3 Å². The first kappa shape index (κ1) is 84.5. The summed E-state index contributed by atoms with van der Waals surface area (Å²) in [6, 6.07) is 52.6. The van der Waals surface area contributed by atoms with Crippen LogP contribution in [0, 0.1) is 56.5 Å². The fraction of sp³-hybridized carbons (Fsp3) is 0.490. The Morgan fingerprint density at radius 2 is 1.05 bits per heavy atom. The Bertz CT molecular complexity index is 4980. The second-order valence-corrected chi connectivity index (χ2v) is 34.9. The first-order valence-electron chi connectivity index (χ1n) is 44.0. The number of rotatable bonds is 37. The summed E-state index contributed by atoms with van der Waals surface area (Å²) in [7, 11) is 0. The molecule has 122 heavy (non-hydrogen) atoms. The molecule has 7 aromatic carbocycles. The van der Waals surface area contributed by atoms with Crippen LogP contribution in [-0.4, -0.2) is 164 Å². The van der Waals surface area contributed by atoms with Crippen LogP contribution < -0.4 is 21.3 Å². The maximum absolute atomic E-state index is 14.4. The predicted octanol–water partition coefficient (Wildman–Crippen LogP) is 16.8. The monoisotopic (exact) mass is 1660 g/mol. The number of nitrogens with one attached hydrogen (secondary N) is 4. The smallest absolute Gasteiger partial charge is 0.407 e. The summed E-state index contributed by atoms with van der Waals surface area (Å²) in [6.45, 7) is 10.5. The summed E-state index contributed by atoms with van der Waals surface area (Å²) in [5, 5.41) is 32.1. The van der Waals surface area contributed by atoms with E-state index in [0.29, 0.717) is 108 Å². The minimum Gasteiger partial charge on any atom is -0.449 e. The Kier molecular flexibility index (Phi) is 26.4. The third-order valence-electron chi connectivity index (χ3n) is 28.2. The van der Waals surface area contributed by atoms with Crippen molar-refractivity contribution in [3.05, 3.63) is 201 Å². The molecular weight excluding hydrogens is 1550 g/mol. The number of imide groups is 1. The molecule has 5 fully saturated rings. The van der Waals surface area contributed by atoms with Gasteiger partial charge in [0.1, 0.15) is 26.4 Å². The van der Waals surface area contributed by atoms with Gasteiger partial charge in [-0.2, -0.15) is 0 Å². The highest BCUT2D eigenvalue weighted by Crippen LogP contribution is 2.70. The van der Waals surface area contributed by atoms with E-state index in [-0.39, 0.29) is 151 Å². The van der Waals surface area contributed by atoms with Gasteiger partial charge in [0.2, 0.25) is 11.4 Å². The number of amides is 6. The molecule has 26 heteroatoms. The van der Waals surface area contributed by atoms with Gasteiger partial charge in [0.25, 0.3) is 11.8 Å². The number of alkyl carbamates (subject to hydrolysis) is 3. The van der Waals surface area contributed by atoms with Crippen LogP contribution in [0.4, 0.5) is 25.8 Å². The van der Waals surface area contributed by atoms with Crippen LogP contribution in [0.1, 0.15) is 187 Å². The lowest BCUT2D eigenvalue weighted by Crippen LogP contribution is -2.63. The average molecular weight is 1660 g/mol. The van der Waals surface area contributed by atoms with Crippen LogP contribution >= 0.6 is 0 Å². The highest BCUT2D eigenvalue weighted by atomic mass is 16.7. The summed E-state index contributed by atoms with van der Waals surface area (Å²) in [4.78, 5) is 112. The molecule has 4 N–H and O–H groups in total. The molecule has 11 atom stereocenters. The number of ether oxygens (including phenoxy) is 6. The number of carbonyl (C=O) groups is 7. The zero-order valence-corrected chi connectivity index (χ0v) is 69.8. The number of nitrogens with zero attached hydrogens (tertiary/aromatic N) is 5. The number of unbranched alkanes of at least 4 members (excludes halogenated alkanes) is 2. The van der Waals surface area contributed by atoms with Crippen LogP contribution in [-0.2, 0) is 52.4 Å². The lowest BCUT2D eigenvalue weighted by molar-refractivity contribution is -0.383. The van der Waals surface area contributed by atoms with Gasteiger partial charge in [0.05, 0.1) is 28.9 Å². The van der Waals surface area contributed by atoms with Crippen molar-refractivity contribution in [2.45, 2.75) is 172 Å². The number of fused-ring (bicyclic) bond motifs is 15. The zero-order valence-electron chi connectivity index (χ0n) is 69.8. The molecular formula is C96H111N9O17. The van der Waals surface area contributed by atoms with Crippen molar-refractivity contribution in [3.63, 3.8) is 0 Å². The Balaban J connectivity index is 0.594. The lowest BCUT2D eigenvalue weighted by Gasteiger charge is -2.65. The molecule has 26 nitrogen and oxygen atoms in total. The highest BCUT2D eigenvalue weighted by molar-refractivity contribution is 6.02. The molecule has 4 saturated carbocycles. The number of anilines is 1. The van der Waals surface area contributed by atoms with Crippen molar-refractivity contribution in [1.29, 1.82) is 0 Å². The lowest BCUT2D eigenvalue weighted by atomic mass is 9.43. The van der Waals surface area contributed by atoms with E-state index in [0.717, 1.165) is 101 Å². The van der Waals surface area contributed by atoms with Crippen LogP contribution in [0.5, 0.6) is 0 Å². The van der Waals surface area contributed by atoms with E-state index < -0.39 is 47.5 Å². The molecule has 1 aliphatic heterocycles. The molecule has 2 unspecified atom stereocenters. The topological polar surface area (TPSA) is 321 Å². The van der Waals surface area contributed by atoms with Crippen molar-refractivity contribution < 1.29 is 76.4 Å². The normalized spacial score (nSPS) is 23.1. The van der Waals surface area contributed by atoms with Crippen LogP contribution in [0.25, 0.3) is 44.4 Å². The first-order valence-corrected chi connectivity index (χ1v) is 44.0. The molecule has 0 spiro atoms. The number of nitro benzene ring substituents is 1. The maximum Gasteiger partial charge on any atom is 0.407 e. The van der Waals surface area contributed by atoms with E-state index in [9.17, 15) is 43.7 Å². The largest absolute Gasteiger partial charge is 0.449 e. The summed E-state index contributed by atoms with van der Waals surface area (Å²) in [5.74, 6) is -1.56. The van der Waals surface area contributed by atoms with Crippen LogP contribution in [0.15, 0.2) is 162 Å². The number of hydroxylamine groups is 2. The number of benzene rings is 7. The van der Waals surface area contributed by atoms with Crippen molar-refractivity contribution >= 4 is 64.4 Å². The highest BCUT2D eigenvalue weighted by Gasteiger charge is 2.67. The standard InChI is InChI=1S/C96H111N9O17/c1-60(23-19-49-103(56-88(109)121-104-86(107)41-42-87(104)108)85(106)36-5-4-18-45-97-81-39-40-82(105(113)114)91-90(81)101-122-102-91)78-37-38-79-89-80(55-84(96(78,79)3)117-52-22-48-100-94(112)120-59-77-73-34-16-10-28-67(73)68-29-11-17-35-74(68)77)95(2)44-43-62(115-50-20-46-98-92(110)118-57-75-69-30-12-6-24-63(69)64-25-7-13-31-70(64)75)53-61(95)54-83(89)116-51-21-47-99-93(111)119-58-76-71-32-14-8-26-65(71)66-27-9-15-33-72(66)76/h6-17,24-35,39-40,60-62,75-80,83-84,89,97H,4-5,18-23,36-38,41-59H2,1-3H3,(H,98,110)(H,99,111)(H,100,112)/t60-,61?,62-,78-,79+,80+,83-,84+,89?,95+,96-/m1/s1. The molecule has 8 aliphatic rings. The minimum absolute atomic E-state index is 0.00458. The first-order chi connectivity index (χ1) is 59.4. The third kappa shape index (κ3) is 17.9. The minimum atomic E-state index is -0.890. The molecule has 642 valence electrons. The van der Waals surface area contributed by atoms with Gasteiger partial charge >= 0.3 is 29.9 Å². The number of non-ortho nitro benzene ring substituents is 1. The summed E-state index contributed by atoms with van der Waals surface area (Å²) < 4.78 is 44.3. The summed E-state index contributed by atoms with van der Waals surface area (Å²) >= 11 is 0. The summed E-state index contributed by atoms with van der Waals surface area (Å²) in [5.41, 5.74) is 13.9. The number of carbonyl (C=O) groups excluding carboxylic acids is 7. The molecule has 1 saturated heterocycles. The molecule has 2 heterocycles. The van der Waals surface area contributed by atoms with Crippen LogP contribution in [0.2, 0.25) is 0 Å². The van der Waals surface area contributed by atoms with E-state index in [1.807, 2.05) is 72.8 Å². The number of aromatic nitrogens is 2. The van der Waals surface area contributed by atoms with Gasteiger partial charge in [-0.15, -0.1) is 5.06 Å². The van der Waals surface area contributed by atoms with E-state index in [1.54, 1.807) is 6.07 Å². The quantitative estimate of drug-likeness (QED) is 0.00924. The predicted molar refractivity (Wildman–Crippen MR) is 456 cm³/mol. The Labute approximate surface area is 711 Å². The molecule has 0 radical (unpaired) electrons. The van der Waals surface area contributed by atoms with Crippen molar-refractivity contribution in [3.8, 4) is 33.4 Å². The van der Waals surface area contributed by atoms with Gasteiger partial charge in [-0.05, 0) is 214 Å². The second kappa shape index (κ2) is 38.1. The fourth-order valence-electron chi connectivity index (χ4n) is 22.2. The summed E-state index contributed by atoms with van der Waals surface area (Å²) in [6.07, 6.45) is 9.05. The molecule has 7 aliphatic carbocycles. The third-order valence-corrected chi connectivity index (χ3v) is 28.2. The van der Waals surface area contributed by atoms with Gasteiger partial charge in [-0.3, -0.25) is 24.5 Å². The molecule has 0 bridgehead atoms. The molecule has 6 amide bonds. The van der Waals surface area contributed by atoms with E-state index in [4.69, 9.17) is 37.9 Å². The van der Waals surface area contributed by atoms with Crippen LogP contribution in [0.3, 0.4) is 0 Å². The Hall–Kier alpha value is -11.1. The van der Waals surface area contributed by atoms with E-state index in [2.05, 4.69) is 125 Å². The fourth-order valence-corrected chi connectivity index (χ4v) is 22.2. The van der Waals surface area contributed by atoms with Gasteiger partial charge in [0.15, 0.2) is 5.52 Å². The molecule has 16 rings (SSSR count). The average Bonchev–Trinajstić information content (AvgIpc) is 1.37. The van der Waals surface area contributed by atoms with E-state index in [1.165, 1.54) is 22.1 Å². The van der Waals surface area contributed by atoms with Gasteiger partial charge in [-0.25, -0.2) is 23.8 Å². The molecule has 1 aromatic heterocycles. The van der Waals surface area contributed by atoms with E-state index >= 15 is 0 Å². The van der Waals surface area contributed by atoms with Crippen molar-refractivity contribution in [2.75, 3.05) is 84.2 Å². The van der Waals surface area contributed by atoms with Gasteiger partial charge in [0, 0.05) is 101 Å². The zero-order chi connectivity index (χ0) is 84.4. The number of nitro groups is 1. The number of hydrogen-bond donors (Lipinski definition) is 4. The van der Waals surface area contributed by atoms with Crippen molar-refractivity contribution in [1.82, 2.24) is 36.2 Å². The molecule has 8 aromatic rings. The maximum atomic E-state index is 14.4. The Morgan fingerprint density at radius 3 is 1.57 bits per heavy atom. The Morgan fingerprint density at radius 1 is 0.557 bits per heavy atom.